The van der Waals surface area contributed by atoms with Crippen LogP contribution < -0.4 is 15.0 Å². The first-order valence-electron chi connectivity index (χ1n) is 8.97. The third-order valence-corrected chi connectivity index (χ3v) is 4.62. The molecule has 0 spiro atoms. The Morgan fingerprint density at radius 3 is 2.54 bits per heavy atom. The lowest BCUT2D eigenvalue weighted by atomic mass is 10.2. The van der Waals surface area contributed by atoms with Crippen LogP contribution in [-0.2, 0) is 0 Å². The van der Waals surface area contributed by atoms with Gasteiger partial charge in [-0.25, -0.2) is 4.39 Å². The summed E-state index contributed by atoms with van der Waals surface area (Å²) in [6.45, 7) is 5.88. The molecule has 8 heteroatoms. The zero-order valence-electron chi connectivity index (χ0n) is 14.4. The molecule has 1 aliphatic carbocycles. The van der Waals surface area contributed by atoms with Crippen LogP contribution in [0.2, 0.25) is 0 Å². The number of hydrogen-bond donors (Lipinski definition) is 1. The van der Waals surface area contributed by atoms with Crippen LogP contribution in [0.15, 0.2) is 0 Å². The number of hydrogen-bond acceptors (Lipinski definition) is 7. The third-order valence-electron chi connectivity index (χ3n) is 4.62. The molecule has 2 heterocycles. The summed E-state index contributed by atoms with van der Waals surface area (Å²) in [5, 5.41) is 3.42. The Balaban J connectivity index is 1.70. The first kappa shape index (κ1) is 17.1. The van der Waals surface area contributed by atoms with Crippen molar-refractivity contribution in [1.29, 1.82) is 0 Å². The van der Waals surface area contributed by atoms with Gasteiger partial charge in [-0.3, -0.25) is 4.90 Å². The predicted octanol–water partition coefficient (Wildman–Crippen LogP) is 1.72. The number of anilines is 2. The molecular weight excluding hydrogens is 310 g/mol. The first-order valence-corrected chi connectivity index (χ1v) is 8.97. The average Bonchev–Trinajstić information content (AvgIpc) is 3.09. The average molecular weight is 337 g/mol. The fourth-order valence-electron chi connectivity index (χ4n) is 3.29. The molecule has 0 aromatic carbocycles. The molecule has 7 nitrogen and oxygen atoms in total. The van der Waals surface area contributed by atoms with Gasteiger partial charge >= 0.3 is 6.01 Å². The van der Waals surface area contributed by atoms with Crippen molar-refractivity contribution in [3.8, 4) is 6.01 Å². The molecule has 2 aliphatic rings. The van der Waals surface area contributed by atoms with Gasteiger partial charge < -0.3 is 15.0 Å². The molecule has 1 aliphatic heterocycles. The van der Waals surface area contributed by atoms with Gasteiger partial charge in [0.1, 0.15) is 6.67 Å². The molecule has 1 aromatic heterocycles. The third kappa shape index (κ3) is 4.43. The first-order chi connectivity index (χ1) is 11.8. The number of alkyl halides is 1. The van der Waals surface area contributed by atoms with Gasteiger partial charge in [-0.05, 0) is 19.8 Å². The minimum absolute atomic E-state index is 0.296. The van der Waals surface area contributed by atoms with Crippen molar-refractivity contribution < 1.29 is 9.13 Å². The van der Waals surface area contributed by atoms with Gasteiger partial charge in [0.05, 0.1) is 6.61 Å². The van der Waals surface area contributed by atoms with Crippen LogP contribution in [0.3, 0.4) is 0 Å². The van der Waals surface area contributed by atoms with Gasteiger partial charge in [-0.15, -0.1) is 0 Å². The van der Waals surface area contributed by atoms with E-state index in [2.05, 4.69) is 30.1 Å². The van der Waals surface area contributed by atoms with Crippen LogP contribution >= 0.6 is 0 Å². The monoisotopic (exact) mass is 337 g/mol. The van der Waals surface area contributed by atoms with Gasteiger partial charge in [0.2, 0.25) is 11.9 Å². The fourth-order valence-corrected chi connectivity index (χ4v) is 3.29. The highest BCUT2D eigenvalue weighted by atomic mass is 18.2. The van der Waals surface area contributed by atoms with E-state index in [1.807, 2.05) is 6.92 Å². The van der Waals surface area contributed by atoms with Crippen molar-refractivity contribution >= 4 is 11.9 Å². The second-order valence-corrected chi connectivity index (χ2v) is 6.32. The zero-order valence-corrected chi connectivity index (χ0v) is 14.4. The quantitative estimate of drug-likeness (QED) is 0.812. The molecule has 1 N–H and O–H groups in total. The molecule has 3 rings (SSSR count). The van der Waals surface area contributed by atoms with E-state index in [9.17, 15) is 4.39 Å². The summed E-state index contributed by atoms with van der Waals surface area (Å²) in [6.07, 6.45) is 4.83. The number of nitrogens with one attached hydrogen (secondary N) is 1. The lowest BCUT2D eigenvalue weighted by Crippen LogP contribution is -2.47. The largest absolute Gasteiger partial charge is 0.464 e. The van der Waals surface area contributed by atoms with E-state index in [-0.39, 0.29) is 6.67 Å². The molecular formula is C16H27FN6O. The second-order valence-electron chi connectivity index (χ2n) is 6.32. The van der Waals surface area contributed by atoms with Crippen molar-refractivity contribution in [2.24, 2.45) is 0 Å². The Kier molecular flexibility index (Phi) is 6.01. The Bertz CT molecular complexity index is 517. The zero-order chi connectivity index (χ0) is 16.8. The van der Waals surface area contributed by atoms with E-state index in [0.29, 0.717) is 37.1 Å². The maximum absolute atomic E-state index is 12.5. The number of aromatic nitrogens is 3. The van der Waals surface area contributed by atoms with Crippen molar-refractivity contribution in [2.45, 2.75) is 38.6 Å². The van der Waals surface area contributed by atoms with Gasteiger partial charge in [0, 0.05) is 38.8 Å². The summed E-state index contributed by atoms with van der Waals surface area (Å²) in [4.78, 5) is 17.7. The highest BCUT2D eigenvalue weighted by Gasteiger charge is 2.22. The number of nitrogens with zero attached hydrogens (tertiary/aromatic N) is 5. The van der Waals surface area contributed by atoms with Crippen molar-refractivity contribution in [3.63, 3.8) is 0 Å². The minimum atomic E-state index is -0.296. The van der Waals surface area contributed by atoms with Crippen LogP contribution in [0.1, 0.15) is 32.6 Å². The molecule has 0 unspecified atom stereocenters. The van der Waals surface area contributed by atoms with Gasteiger partial charge in [0.15, 0.2) is 0 Å². The van der Waals surface area contributed by atoms with Gasteiger partial charge in [-0.2, -0.15) is 15.0 Å². The van der Waals surface area contributed by atoms with E-state index in [4.69, 9.17) is 4.74 Å². The fraction of sp³-hybridized carbons (Fsp3) is 0.812. The van der Waals surface area contributed by atoms with Crippen molar-refractivity contribution in [1.82, 2.24) is 19.9 Å². The van der Waals surface area contributed by atoms with Crippen LogP contribution in [0.25, 0.3) is 0 Å². The molecule has 24 heavy (non-hydrogen) atoms. The summed E-state index contributed by atoms with van der Waals surface area (Å²) < 4.78 is 18.0. The summed E-state index contributed by atoms with van der Waals surface area (Å²) in [6, 6.07) is 0.810. The molecule has 134 valence electrons. The van der Waals surface area contributed by atoms with E-state index in [1.54, 1.807) is 0 Å². The highest BCUT2D eigenvalue weighted by Crippen LogP contribution is 2.23. The molecule has 0 amide bonds. The van der Waals surface area contributed by atoms with E-state index >= 15 is 0 Å². The van der Waals surface area contributed by atoms with Crippen LogP contribution in [0.4, 0.5) is 16.3 Å². The van der Waals surface area contributed by atoms with E-state index in [0.717, 1.165) is 39.0 Å². The Hall–Kier alpha value is -1.70. The predicted molar refractivity (Wildman–Crippen MR) is 91.5 cm³/mol. The Morgan fingerprint density at radius 1 is 1.12 bits per heavy atom. The summed E-state index contributed by atoms with van der Waals surface area (Å²) in [7, 11) is 0. The maximum atomic E-state index is 12.5. The van der Waals surface area contributed by atoms with E-state index < -0.39 is 0 Å². The molecule has 0 radical (unpaired) electrons. The number of ether oxygens (including phenoxy) is 1. The summed E-state index contributed by atoms with van der Waals surface area (Å²) in [5.74, 6) is 1.25. The number of rotatable bonds is 7. The van der Waals surface area contributed by atoms with Crippen molar-refractivity contribution in [2.75, 3.05) is 56.2 Å². The highest BCUT2D eigenvalue weighted by molar-refractivity contribution is 5.39. The lowest BCUT2D eigenvalue weighted by Gasteiger charge is -2.34. The second kappa shape index (κ2) is 8.41. The molecule has 0 atom stereocenters. The summed E-state index contributed by atoms with van der Waals surface area (Å²) in [5.41, 5.74) is 0. The summed E-state index contributed by atoms with van der Waals surface area (Å²) >= 11 is 0. The molecule has 1 saturated heterocycles. The van der Waals surface area contributed by atoms with Crippen LogP contribution in [0, 0.1) is 0 Å². The Labute approximate surface area is 142 Å². The SMILES string of the molecule is CCOc1nc(NC2CCCC2)nc(N2CCN(CC[18F])CC2)n1. The Morgan fingerprint density at radius 2 is 1.88 bits per heavy atom. The normalized spacial score (nSPS) is 19.7. The number of halogens is 1. The van der Waals surface area contributed by atoms with Crippen LogP contribution in [0.5, 0.6) is 6.01 Å². The van der Waals surface area contributed by atoms with Crippen molar-refractivity contribution in [3.05, 3.63) is 0 Å². The molecule has 1 aromatic rings. The minimum Gasteiger partial charge on any atom is -0.464 e. The lowest BCUT2D eigenvalue weighted by molar-refractivity contribution is 0.234. The van der Waals surface area contributed by atoms with E-state index in [1.165, 1.54) is 12.8 Å². The van der Waals surface area contributed by atoms with Gasteiger partial charge in [-0.1, -0.05) is 12.8 Å². The van der Waals surface area contributed by atoms with Gasteiger partial charge in [0.25, 0.3) is 0 Å². The standard InChI is InChI=1S/C16H27FN6O/c1-2-24-16-20-14(18-13-5-3-4-6-13)19-15(21-16)23-11-9-22(8-7-17)10-12-23/h13H,2-12H2,1H3,(H,18,19,20,21)/i17-1. The molecule has 1 saturated carbocycles. The molecule has 0 bridgehead atoms. The topological polar surface area (TPSA) is 66.4 Å². The number of piperazine rings is 1. The maximum Gasteiger partial charge on any atom is 0.323 e. The smallest absolute Gasteiger partial charge is 0.323 e. The molecule has 2 fully saturated rings. The van der Waals surface area contributed by atoms with Crippen LogP contribution in [-0.4, -0.2) is 71.9 Å².